The number of carbonyl (C=O) groups is 2. The summed E-state index contributed by atoms with van der Waals surface area (Å²) in [7, 11) is 1.33. The van der Waals surface area contributed by atoms with Gasteiger partial charge in [-0.1, -0.05) is 28.1 Å². The van der Waals surface area contributed by atoms with Crippen LogP contribution in [0.5, 0.6) is 0 Å². The van der Waals surface area contributed by atoms with Crippen LogP contribution in [0.15, 0.2) is 40.9 Å². The molecule has 3 rings (SSSR count). The third-order valence-corrected chi connectivity index (χ3v) is 6.25. The lowest BCUT2D eigenvalue weighted by Crippen LogP contribution is -2.44. The molecule has 1 amide bonds. The molecule has 0 aliphatic carbocycles. The number of halogens is 1. The van der Waals surface area contributed by atoms with Gasteiger partial charge >= 0.3 is 5.97 Å². The Morgan fingerprint density at radius 1 is 1.23 bits per heavy atom. The Hall–Kier alpha value is -1.70. The maximum atomic E-state index is 12.6. The van der Waals surface area contributed by atoms with Crippen LogP contribution in [0.3, 0.4) is 0 Å². The molecule has 0 radical (unpaired) electrons. The number of thiophene rings is 1. The Bertz CT molecular complexity index is 798. The number of nitrogens with one attached hydrogen (secondary N) is 1. The molecule has 5 nitrogen and oxygen atoms in total. The highest BCUT2D eigenvalue weighted by atomic mass is 79.9. The van der Waals surface area contributed by atoms with Crippen LogP contribution in [0.1, 0.15) is 37.7 Å². The van der Waals surface area contributed by atoms with Gasteiger partial charge in [-0.2, -0.15) is 0 Å². The molecule has 0 unspecified atom stereocenters. The van der Waals surface area contributed by atoms with Gasteiger partial charge in [0.25, 0.3) is 5.91 Å². The van der Waals surface area contributed by atoms with Crippen LogP contribution < -0.4 is 5.32 Å². The number of esters is 1. The third-order valence-electron chi connectivity index (χ3n) is 4.69. The zero-order valence-corrected chi connectivity index (χ0v) is 16.8. The van der Waals surface area contributed by atoms with Crippen molar-refractivity contribution in [1.29, 1.82) is 0 Å². The molecule has 2 heterocycles. The minimum atomic E-state index is -0.427. The van der Waals surface area contributed by atoms with E-state index < -0.39 is 5.97 Å². The van der Waals surface area contributed by atoms with Crippen LogP contribution in [0.2, 0.25) is 0 Å². The fourth-order valence-corrected chi connectivity index (χ4v) is 4.39. The monoisotopic (exact) mass is 437 g/mol. The lowest BCUT2D eigenvalue weighted by molar-refractivity contribution is 0.0487. The minimum absolute atomic E-state index is 0.153. The smallest absolute Gasteiger partial charge is 0.348 e. The zero-order valence-electron chi connectivity index (χ0n) is 14.4. The maximum Gasteiger partial charge on any atom is 0.348 e. The first-order valence-electron chi connectivity index (χ1n) is 8.34. The maximum absolute atomic E-state index is 12.6. The van der Waals surface area contributed by atoms with E-state index >= 15 is 0 Å². The van der Waals surface area contributed by atoms with Gasteiger partial charge in [-0.15, -0.1) is 11.3 Å². The van der Waals surface area contributed by atoms with Gasteiger partial charge in [-0.3, -0.25) is 4.79 Å². The zero-order chi connectivity index (χ0) is 18.6. The number of rotatable bonds is 5. The van der Waals surface area contributed by atoms with Gasteiger partial charge in [0.05, 0.1) is 12.0 Å². The van der Waals surface area contributed by atoms with Crippen molar-refractivity contribution in [2.75, 3.05) is 26.9 Å². The van der Waals surface area contributed by atoms with Gasteiger partial charge in [0.2, 0.25) is 0 Å². The number of amides is 1. The van der Waals surface area contributed by atoms with Crippen LogP contribution in [-0.4, -0.2) is 38.7 Å². The van der Waals surface area contributed by atoms with Crippen LogP contribution in [-0.2, 0) is 14.9 Å². The van der Waals surface area contributed by atoms with E-state index in [0.29, 0.717) is 29.5 Å². The standard InChI is InChI=1S/C19H20BrNO4S/c1-24-18(23)16-6-5-15(26-16)17(22)21-12-19(7-9-25-10-8-19)13-3-2-4-14(20)11-13/h2-6,11H,7-10,12H2,1H3,(H,21,22). The summed E-state index contributed by atoms with van der Waals surface area (Å²) in [4.78, 5) is 25.0. The van der Waals surface area contributed by atoms with Crippen molar-refractivity contribution in [3.8, 4) is 0 Å². The Balaban J connectivity index is 1.75. The molecule has 0 bridgehead atoms. The summed E-state index contributed by atoms with van der Waals surface area (Å²) in [6.45, 7) is 1.87. The summed E-state index contributed by atoms with van der Waals surface area (Å²) in [5.41, 5.74) is 1.04. The largest absolute Gasteiger partial charge is 0.465 e. The Morgan fingerprint density at radius 2 is 1.96 bits per heavy atom. The van der Waals surface area contributed by atoms with Gasteiger partial charge < -0.3 is 14.8 Å². The van der Waals surface area contributed by atoms with Gasteiger partial charge in [-0.05, 0) is 42.7 Å². The molecule has 0 atom stereocenters. The summed E-state index contributed by atoms with van der Waals surface area (Å²) in [5.74, 6) is -0.602. The molecule has 0 spiro atoms. The van der Waals surface area contributed by atoms with Gasteiger partial charge in [0, 0.05) is 29.6 Å². The lowest BCUT2D eigenvalue weighted by Gasteiger charge is -2.38. The van der Waals surface area contributed by atoms with Crippen molar-refractivity contribution >= 4 is 39.1 Å². The van der Waals surface area contributed by atoms with E-state index in [1.807, 2.05) is 12.1 Å². The predicted octanol–water partition coefficient (Wildman–Crippen LogP) is 3.78. The highest BCUT2D eigenvalue weighted by Crippen LogP contribution is 2.35. The molecule has 1 fully saturated rings. The topological polar surface area (TPSA) is 64.6 Å². The molecule has 138 valence electrons. The highest BCUT2D eigenvalue weighted by molar-refractivity contribution is 9.10. The average molecular weight is 438 g/mol. The second-order valence-corrected chi connectivity index (χ2v) is 8.24. The number of ether oxygens (including phenoxy) is 2. The molecule has 1 saturated heterocycles. The molecule has 0 saturated carbocycles. The minimum Gasteiger partial charge on any atom is -0.465 e. The highest BCUT2D eigenvalue weighted by Gasteiger charge is 2.35. The SMILES string of the molecule is COC(=O)c1ccc(C(=O)NCC2(c3cccc(Br)c3)CCOCC2)s1. The van der Waals surface area contributed by atoms with Crippen molar-refractivity contribution < 1.29 is 19.1 Å². The van der Waals surface area contributed by atoms with Crippen molar-refractivity contribution in [3.63, 3.8) is 0 Å². The van der Waals surface area contributed by atoms with E-state index in [1.165, 1.54) is 12.7 Å². The first-order valence-corrected chi connectivity index (χ1v) is 9.95. The van der Waals surface area contributed by atoms with E-state index in [4.69, 9.17) is 9.47 Å². The van der Waals surface area contributed by atoms with E-state index in [1.54, 1.807) is 12.1 Å². The van der Waals surface area contributed by atoms with E-state index in [-0.39, 0.29) is 11.3 Å². The Labute approximate surface area is 164 Å². The second kappa shape index (κ2) is 8.33. The van der Waals surface area contributed by atoms with Crippen LogP contribution in [0, 0.1) is 0 Å². The Kier molecular flexibility index (Phi) is 6.11. The van der Waals surface area contributed by atoms with Gasteiger partial charge in [0.1, 0.15) is 4.88 Å². The molecule has 1 aromatic carbocycles. The number of hydrogen-bond donors (Lipinski definition) is 1. The Morgan fingerprint density at radius 3 is 2.65 bits per heavy atom. The quantitative estimate of drug-likeness (QED) is 0.722. The molecule has 2 aromatic rings. The number of carbonyl (C=O) groups excluding carboxylic acids is 2. The van der Waals surface area contributed by atoms with Crippen molar-refractivity contribution in [3.05, 3.63) is 56.2 Å². The molecular weight excluding hydrogens is 418 g/mol. The van der Waals surface area contributed by atoms with Gasteiger partial charge in [-0.25, -0.2) is 4.79 Å². The first kappa shape index (κ1) is 19.1. The first-order chi connectivity index (χ1) is 12.5. The summed E-state index contributed by atoms with van der Waals surface area (Å²) in [6, 6.07) is 11.5. The molecule has 1 aromatic heterocycles. The second-order valence-electron chi connectivity index (χ2n) is 6.24. The fraction of sp³-hybridized carbons (Fsp3) is 0.368. The average Bonchev–Trinajstić information content (AvgIpc) is 3.16. The molecule has 1 N–H and O–H groups in total. The summed E-state index contributed by atoms with van der Waals surface area (Å²) in [6.07, 6.45) is 1.70. The molecule has 1 aliphatic heterocycles. The van der Waals surface area contributed by atoms with Crippen molar-refractivity contribution in [2.24, 2.45) is 0 Å². The normalized spacial score (nSPS) is 16.1. The van der Waals surface area contributed by atoms with E-state index in [2.05, 4.69) is 33.4 Å². The number of benzene rings is 1. The molecular formula is C19H20BrNO4S. The number of hydrogen-bond acceptors (Lipinski definition) is 5. The lowest BCUT2D eigenvalue weighted by atomic mass is 9.74. The van der Waals surface area contributed by atoms with Gasteiger partial charge in [0.15, 0.2) is 0 Å². The van der Waals surface area contributed by atoms with Crippen LogP contribution >= 0.6 is 27.3 Å². The van der Waals surface area contributed by atoms with Crippen LogP contribution in [0.4, 0.5) is 0 Å². The molecule has 7 heteroatoms. The molecule has 26 heavy (non-hydrogen) atoms. The van der Waals surface area contributed by atoms with Crippen molar-refractivity contribution in [1.82, 2.24) is 5.32 Å². The van der Waals surface area contributed by atoms with Crippen molar-refractivity contribution in [2.45, 2.75) is 18.3 Å². The van der Waals surface area contributed by atoms with Crippen LogP contribution in [0.25, 0.3) is 0 Å². The molecule has 1 aliphatic rings. The summed E-state index contributed by atoms with van der Waals surface area (Å²) >= 11 is 4.67. The summed E-state index contributed by atoms with van der Waals surface area (Å²) < 4.78 is 11.2. The number of methoxy groups -OCH3 is 1. The van der Waals surface area contributed by atoms with E-state index in [0.717, 1.165) is 28.7 Å². The predicted molar refractivity (Wildman–Crippen MR) is 104 cm³/mol. The summed E-state index contributed by atoms with van der Waals surface area (Å²) in [5, 5.41) is 3.05. The third kappa shape index (κ3) is 4.16. The fourth-order valence-electron chi connectivity index (χ4n) is 3.15. The van der Waals surface area contributed by atoms with E-state index in [9.17, 15) is 9.59 Å².